The lowest BCUT2D eigenvalue weighted by atomic mass is 9.83. The summed E-state index contributed by atoms with van der Waals surface area (Å²) >= 11 is 6.13. The average Bonchev–Trinajstić information content (AvgIpc) is 3.27. The third-order valence-electron chi connectivity index (χ3n) is 6.50. The van der Waals surface area contributed by atoms with E-state index in [-0.39, 0.29) is 22.3 Å². The van der Waals surface area contributed by atoms with Gasteiger partial charge in [0.15, 0.2) is 6.20 Å². The summed E-state index contributed by atoms with van der Waals surface area (Å²) in [4.78, 5) is 26.1. The molecule has 1 aromatic carbocycles. The van der Waals surface area contributed by atoms with Gasteiger partial charge in [-0.25, -0.2) is 4.39 Å². The number of halogens is 2. The number of carbonyl (C=O) groups is 2. The molecule has 1 aliphatic rings. The van der Waals surface area contributed by atoms with Gasteiger partial charge in [0.1, 0.15) is 17.6 Å². The highest BCUT2D eigenvalue weighted by atomic mass is 35.5. The van der Waals surface area contributed by atoms with Gasteiger partial charge in [0.25, 0.3) is 11.1 Å². The fraction of sp³-hybridized carbons (Fsp3) is 0.360. The van der Waals surface area contributed by atoms with Crippen molar-refractivity contribution in [1.82, 2.24) is 15.1 Å². The maximum Gasteiger partial charge on any atom is 0.294 e. The Kier molecular flexibility index (Phi) is 7.35. The van der Waals surface area contributed by atoms with Gasteiger partial charge < -0.3 is 15.8 Å². The quantitative estimate of drug-likeness (QED) is 0.302. The summed E-state index contributed by atoms with van der Waals surface area (Å²) in [5.41, 5.74) is 1.69. The normalized spacial score (nSPS) is 15.0. The number of aryl methyl sites for hydroxylation is 2. The summed E-state index contributed by atoms with van der Waals surface area (Å²) in [7, 11) is 1.66. The number of nitrogens with one attached hydrogen (secondary N) is 2. The van der Waals surface area contributed by atoms with Crippen LogP contribution in [0.15, 0.2) is 42.7 Å². The maximum atomic E-state index is 15.1. The fourth-order valence-corrected chi connectivity index (χ4v) is 4.92. The first kappa shape index (κ1) is 24.7. The summed E-state index contributed by atoms with van der Waals surface area (Å²) in [6, 6.07) is 6.58. The van der Waals surface area contributed by atoms with E-state index in [1.165, 1.54) is 29.2 Å². The van der Waals surface area contributed by atoms with Crippen molar-refractivity contribution in [2.75, 3.05) is 5.32 Å². The Hall–Kier alpha value is -3.46. The third kappa shape index (κ3) is 5.30. The molecular formula is C25H27ClFN5O3. The van der Waals surface area contributed by atoms with E-state index in [4.69, 9.17) is 11.6 Å². The Labute approximate surface area is 207 Å². The molecule has 0 radical (unpaired) electrons. The minimum Gasteiger partial charge on any atom is -0.618 e. The van der Waals surface area contributed by atoms with Gasteiger partial charge >= 0.3 is 0 Å². The van der Waals surface area contributed by atoms with Crippen LogP contribution < -0.4 is 15.4 Å². The molecule has 35 heavy (non-hydrogen) atoms. The monoisotopic (exact) mass is 499 g/mol. The highest BCUT2D eigenvalue weighted by Gasteiger charge is 2.32. The number of anilines is 1. The largest absolute Gasteiger partial charge is 0.618 e. The number of amides is 2. The Morgan fingerprint density at radius 3 is 2.63 bits per heavy atom. The number of nitrogens with zero attached hydrogens (tertiary/aromatic N) is 3. The number of aromatic nitrogens is 3. The lowest BCUT2D eigenvalue weighted by Gasteiger charge is -2.30. The molecule has 1 atom stereocenters. The van der Waals surface area contributed by atoms with Crippen LogP contribution in [-0.4, -0.2) is 27.6 Å². The van der Waals surface area contributed by atoms with Crippen LogP contribution in [0.1, 0.15) is 48.2 Å². The van der Waals surface area contributed by atoms with Crippen LogP contribution in [0.2, 0.25) is 5.15 Å². The van der Waals surface area contributed by atoms with E-state index in [2.05, 4.69) is 15.7 Å². The zero-order chi connectivity index (χ0) is 25.1. The second-order valence-corrected chi connectivity index (χ2v) is 9.22. The molecule has 0 aliphatic heterocycles. The summed E-state index contributed by atoms with van der Waals surface area (Å²) in [6.07, 6.45) is 7.48. The summed E-state index contributed by atoms with van der Waals surface area (Å²) in [6.45, 7) is 1.73. The SMILES string of the molecule is Cc1cc[n+]([O-])c(Cl)c1-c1ccc(NC(=O)[C@@H](NC(=O)c2ccnn2C)C2CCCCC2)cc1F. The van der Waals surface area contributed by atoms with Crippen molar-refractivity contribution in [3.05, 3.63) is 70.2 Å². The predicted molar refractivity (Wildman–Crippen MR) is 130 cm³/mol. The van der Waals surface area contributed by atoms with Crippen LogP contribution in [0.3, 0.4) is 0 Å². The van der Waals surface area contributed by atoms with Gasteiger partial charge in [-0.3, -0.25) is 14.3 Å². The number of hydrogen-bond acceptors (Lipinski definition) is 4. The predicted octanol–water partition coefficient (Wildman–Crippen LogP) is 4.14. The Bertz CT molecular complexity index is 1260. The topological polar surface area (TPSA) is 103 Å². The standard InChI is InChI=1S/C25H27ClFN5O3/c1-15-11-13-32(35)23(26)21(15)18-9-8-17(14-19(18)27)29-25(34)22(16-6-4-3-5-7-16)30-24(33)20-10-12-28-31(20)2/h8-14,16,22H,3-7H2,1-2H3,(H,29,34)(H,30,33)/t22-/m0/s1. The summed E-state index contributed by atoms with van der Waals surface area (Å²) < 4.78 is 17.0. The van der Waals surface area contributed by atoms with E-state index in [0.717, 1.165) is 32.1 Å². The van der Waals surface area contributed by atoms with Crippen molar-refractivity contribution in [1.29, 1.82) is 0 Å². The zero-order valence-electron chi connectivity index (χ0n) is 19.6. The fourth-order valence-electron chi connectivity index (χ4n) is 4.62. The van der Waals surface area contributed by atoms with Crippen molar-refractivity contribution in [3.8, 4) is 11.1 Å². The van der Waals surface area contributed by atoms with Crippen LogP contribution >= 0.6 is 11.6 Å². The highest BCUT2D eigenvalue weighted by molar-refractivity contribution is 6.31. The molecule has 4 rings (SSSR count). The van der Waals surface area contributed by atoms with E-state index >= 15 is 4.39 Å². The van der Waals surface area contributed by atoms with E-state index in [1.54, 1.807) is 32.2 Å². The first-order valence-corrected chi connectivity index (χ1v) is 11.9. The molecule has 0 spiro atoms. The molecule has 3 aromatic rings. The minimum absolute atomic E-state index is 0.0247. The molecule has 2 aromatic heterocycles. The van der Waals surface area contributed by atoms with Crippen LogP contribution in [0.4, 0.5) is 10.1 Å². The van der Waals surface area contributed by atoms with Gasteiger partial charge in [-0.15, -0.1) is 0 Å². The molecule has 10 heteroatoms. The number of carbonyl (C=O) groups excluding carboxylic acids is 2. The second-order valence-electron chi connectivity index (χ2n) is 8.86. The molecular weight excluding hydrogens is 473 g/mol. The number of rotatable bonds is 6. The van der Waals surface area contributed by atoms with Gasteiger partial charge in [-0.1, -0.05) is 19.3 Å². The average molecular weight is 500 g/mol. The van der Waals surface area contributed by atoms with Gasteiger partial charge in [-0.05, 0) is 67.1 Å². The molecule has 1 saturated carbocycles. The summed E-state index contributed by atoms with van der Waals surface area (Å²) in [5, 5.41) is 21.4. The second kappa shape index (κ2) is 10.4. The molecule has 2 N–H and O–H groups in total. The van der Waals surface area contributed by atoms with Crippen molar-refractivity contribution >= 4 is 29.1 Å². The lowest BCUT2D eigenvalue weighted by Crippen LogP contribution is -2.49. The smallest absolute Gasteiger partial charge is 0.294 e. The van der Waals surface area contributed by atoms with E-state index in [0.29, 0.717) is 21.6 Å². The van der Waals surface area contributed by atoms with Gasteiger partial charge in [0.05, 0.1) is 5.56 Å². The first-order chi connectivity index (χ1) is 16.8. The van der Waals surface area contributed by atoms with Gasteiger partial charge in [-0.2, -0.15) is 9.83 Å². The molecule has 1 aliphatic carbocycles. The Balaban J connectivity index is 1.57. The molecule has 2 amide bonds. The van der Waals surface area contributed by atoms with Crippen LogP contribution in [0.25, 0.3) is 11.1 Å². The number of pyridine rings is 1. The first-order valence-electron chi connectivity index (χ1n) is 11.5. The van der Waals surface area contributed by atoms with Crippen molar-refractivity contribution in [2.24, 2.45) is 13.0 Å². The number of benzene rings is 1. The van der Waals surface area contributed by atoms with Crippen LogP contribution in [0.5, 0.6) is 0 Å². The summed E-state index contributed by atoms with van der Waals surface area (Å²) in [5.74, 6) is -1.46. The molecule has 1 fully saturated rings. The van der Waals surface area contributed by atoms with Crippen LogP contribution in [-0.2, 0) is 11.8 Å². The van der Waals surface area contributed by atoms with Crippen molar-refractivity contribution in [2.45, 2.75) is 45.1 Å². The van der Waals surface area contributed by atoms with Crippen molar-refractivity contribution in [3.63, 3.8) is 0 Å². The molecule has 0 unspecified atom stereocenters. The minimum atomic E-state index is -0.773. The molecule has 0 saturated heterocycles. The molecule has 2 heterocycles. The van der Waals surface area contributed by atoms with E-state index in [9.17, 15) is 14.8 Å². The van der Waals surface area contributed by atoms with Crippen molar-refractivity contribution < 1.29 is 18.7 Å². The Morgan fingerprint density at radius 2 is 1.97 bits per heavy atom. The molecule has 8 nitrogen and oxygen atoms in total. The lowest BCUT2D eigenvalue weighted by molar-refractivity contribution is -0.602. The van der Waals surface area contributed by atoms with E-state index in [1.807, 2.05) is 0 Å². The van der Waals surface area contributed by atoms with E-state index < -0.39 is 23.7 Å². The molecule has 0 bridgehead atoms. The highest BCUT2D eigenvalue weighted by Crippen LogP contribution is 2.32. The van der Waals surface area contributed by atoms with Crippen LogP contribution in [0, 0.1) is 23.9 Å². The number of hydrogen-bond donors (Lipinski definition) is 2. The maximum absolute atomic E-state index is 15.1. The van der Waals surface area contributed by atoms with Gasteiger partial charge in [0.2, 0.25) is 5.91 Å². The third-order valence-corrected chi connectivity index (χ3v) is 6.86. The van der Waals surface area contributed by atoms with Gasteiger partial charge in [0, 0.05) is 30.6 Å². The Morgan fingerprint density at radius 1 is 1.23 bits per heavy atom. The molecule has 184 valence electrons. The zero-order valence-corrected chi connectivity index (χ0v) is 20.3.